The zero-order chi connectivity index (χ0) is 12.5. The third-order valence-corrected chi connectivity index (χ3v) is 3.52. The van der Waals surface area contributed by atoms with Gasteiger partial charge in [-0.1, -0.05) is 0 Å². The summed E-state index contributed by atoms with van der Waals surface area (Å²) in [6.45, 7) is 2.46. The highest BCUT2D eigenvalue weighted by Crippen LogP contribution is 2.43. The number of piperidine rings is 1. The van der Waals surface area contributed by atoms with E-state index in [1.165, 1.54) is 0 Å². The lowest BCUT2D eigenvalue weighted by atomic mass is 9.90. The average Bonchev–Trinajstić information content (AvgIpc) is 2.44. The molecule has 1 aromatic carbocycles. The molecule has 2 aliphatic heterocycles. The van der Waals surface area contributed by atoms with Gasteiger partial charge in [0.15, 0.2) is 11.5 Å². The molecule has 0 radical (unpaired) electrons. The van der Waals surface area contributed by atoms with Crippen molar-refractivity contribution in [3.63, 3.8) is 0 Å². The maximum Gasteiger partial charge on any atom is 0.210 e. The highest BCUT2D eigenvalue weighted by molar-refractivity contribution is 5.53. The number of halogens is 1. The van der Waals surface area contributed by atoms with Crippen molar-refractivity contribution in [3.8, 4) is 17.2 Å². The molecule has 0 aliphatic carbocycles. The molecule has 2 heterocycles. The van der Waals surface area contributed by atoms with Gasteiger partial charge in [0.2, 0.25) is 11.6 Å². The van der Waals surface area contributed by atoms with E-state index in [2.05, 4.69) is 5.32 Å². The van der Waals surface area contributed by atoms with Gasteiger partial charge in [-0.2, -0.15) is 4.39 Å². The van der Waals surface area contributed by atoms with E-state index < -0.39 is 5.82 Å². The van der Waals surface area contributed by atoms with Gasteiger partial charge in [-0.25, -0.2) is 0 Å². The van der Waals surface area contributed by atoms with Crippen molar-refractivity contribution in [1.29, 1.82) is 0 Å². The van der Waals surface area contributed by atoms with Gasteiger partial charge < -0.3 is 19.9 Å². The molecule has 0 spiro atoms. The van der Waals surface area contributed by atoms with Gasteiger partial charge in [0.25, 0.3) is 0 Å². The fourth-order valence-electron chi connectivity index (χ4n) is 2.58. The van der Waals surface area contributed by atoms with Crippen molar-refractivity contribution in [2.24, 2.45) is 0 Å². The summed E-state index contributed by atoms with van der Waals surface area (Å²) in [5.74, 6) is -0.437. The first kappa shape index (κ1) is 11.6. The Morgan fingerprint density at radius 2 is 2.17 bits per heavy atom. The summed E-state index contributed by atoms with van der Waals surface area (Å²) in [5, 5.41) is 13.2. The van der Waals surface area contributed by atoms with Crippen LogP contribution in [0.4, 0.5) is 4.39 Å². The van der Waals surface area contributed by atoms with Crippen LogP contribution in [0.5, 0.6) is 17.2 Å². The predicted octanol–water partition coefficient (Wildman–Crippen LogP) is 1.77. The second kappa shape index (κ2) is 4.65. The molecule has 2 aliphatic rings. The van der Waals surface area contributed by atoms with Crippen molar-refractivity contribution >= 4 is 0 Å². The molecule has 0 amide bonds. The Bertz CT molecular complexity index is 458. The highest BCUT2D eigenvalue weighted by Gasteiger charge is 2.27. The van der Waals surface area contributed by atoms with Gasteiger partial charge in [0, 0.05) is 18.0 Å². The topological polar surface area (TPSA) is 50.7 Å². The molecule has 0 saturated carbocycles. The van der Waals surface area contributed by atoms with Crippen LogP contribution in [0.25, 0.3) is 0 Å². The maximum atomic E-state index is 14.0. The Kier molecular flexibility index (Phi) is 2.99. The zero-order valence-electron chi connectivity index (χ0n) is 10.0. The summed E-state index contributed by atoms with van der Waals surface area (Å²) in [5.41, 5.74) is 0.615. The second-order valence-corrected chi connectivity index (χ2v) is 4.70. The minimum Gasteiger partial charge on any atom is -0.505 e. The molecule has 5 heteroatoms. The van der Waals surface area contributed by atoms with Crippen LogP contribution in [0, 0.1) is 5.82 Å². The standard InChI is InChI=1S/C13H16FNO3/c14-11-12(16)9(8-2-1-3-15-7-8)6-10-13(11)18-5-4-17-10/h6,8,15-16H,1-5,7H2. The quantitative estimate of drug-likeness (QED) is 0.801. The van der Waals surface area contributed by atoms with E-state index in [0.717, 1.165) is 25.9 Å². The predicted molar refractivity (Wildman–Crippen MR) is 63.9 cm³/mol. The Morgan fingerprint density at radius 3 is 2.94 bits per heavy atom. The second-order valence-electron chi connectivity index (χ2n) is 4.70. The van der Waals surface area contributed by atoms with Crippen LogP contribution in [0.3, 0.4) is 0 Å². The van der Waals surface area contributed by atoms with E-state index in [1.54, 1.807) is 6.07 Å². The smallest absolute Gasteiger partial charge is 0.210 e. The first-order chi connectivity index (χ1) is 8.77. The Balaban J connectivity index is 2.01. The molecule has 2 N–H and O–H groups in total. The van der Waals surface area contributed by atoms with Crippen molar-refractivity contribution in [2.75, 3.05) is 26.3 Å². The normalized spacial score (nSPS) is 22.8. The first-order valence-corrected chi connectivity index (χ1v) is 6.29. The lowest BCUT2D eigenvalue weighted by Crippen LogP contribution is -2.28. The number of rotatable bonds is 1. The maximum absolute atomic E-state index is 14.0. The molecular formula is C13H16FNO3. The number of aromatic hydroxyl groups is 1. The van der Waals surface area contributed by atoms with Gasteiger partial charge in [-0.15, -0.1) is 0 Å². The first-order valence-electron chi connectivity index (χ1n) is 6.29. The molecule has 0 bridgehead atoms. The van der Waals surface area contributed by atoms with Crippen LogP contribution in [-0.2, 0) is 0 Å². The largest absolute Gasteiger partial charge is 0.505 e. The Hall–Kier alpha value is -1.49. The third kappa shape index (κ3) is 1.88. The number of phenols is 1. The molecule has 3 rings (SSSR count). The van der Waals surface area contributed by atoms with Crippen molar-refractivity contribution < 1.29 is 19.0 Å². The summed E-state index contributed by atoms with van der Waals surface area (Å²) in [4.78, 5) is 0. The van der Waals surface area contributed by atoms with Crippen LogP contribution in [-0.4, -0.2) is 31.4 Å². The average molecular weight is 253 g/mol. The molecule has 1 saturated heterocycles. The lowest BCUT2D eigenvalue weighted by Gasteiger charge is -2.26. The highest BCUT2D eigenvalue weighted by atomic mass is 19.1. The molecule has 1 fully saturated rings. The van der Waals surface area contributed by atoms with Crippen LogP contribution in [0.2, 0.25) is 0 Å². The number of fused-ring (bicyclic) bond motifs is 1. The van der Waals surface area contributed by atoms with Crippen LogP contribution < -0.4 is 14.8 Å². The van der Waals surface area contributed by atoms with E-state index in [-0.39, 0.29) is 17.4 Å². The third-order valence-electron chi connectivity index (χ3n) is 3.52. The van der Waals surface area contributed by atoms with Crippen molar-refractivity contribution in [3.05, 3.63) is 17.4 Å². The number of hydrogen-bond acceptors (Lipinski definition) is 4. The molecule has 1 unspecified atom stereocenters. The number of ether oxygens (including phenoxy) is 2. The summed E-state index contributed by atoms with van der Waals surface area (Å²) in [6.07, 6.45) is 1.97. The number of nitrogens with one attached hydrogen (secondary N) is 1. The number of hydrogen-bond donors (Lipinski definition) is 2. The molecule has 1 aromatic rings. The van der Waals surface area contributed by atoms with Crippen molar-refractivity contribution in [2.45, 2.75) is 18.8 Å². The monoisotopic (exact) mass is 253 g/mol. The van der Waals surface area contributed by atoms with E-state index in [0.29, 0.717) is 24.5 Å². The number of benzene rings is 1. The Labute approximate surface area is 105 Å². The summed E-state index contributed by atoms with van der Waals surface area (Å²) < 4.78 is 24.6. The van der Waals surface area contributed by atoms with Gasteiger partial charge in [-0.3, -0.25) is 0 Å². The van der Waals surface area contributed by atoms with E-state index >= 15 is 0 Å². The van der Waals surface area contributed by atoms with E-state index in [9.17, 15) is 9.50 Å². The van der Waals surface area contributed by atoms with Gasteiger partial charge in [0.05, 0.1) is 0 Å². The minimum absolute atomic E-state index is 0.0336. The SMILES string of the molecule is Oc1c(C2CCCNC2)cc2c(c1F)OCCO2. The van der Waals surface area contributed by atoms with Crippen molar-refractivity contribution in [1.82, 2.24) is 5.32 Å². The van der Waals surface area contributed by atoms with Crippen LogP contribution in [0.15, 0.2) is 6.07 Å². The summed E-state index contributed by atoms with van der Waals surface area (Å²) >= 11 is 0. The molecule has 4 nitrogen and oxygen atoms in total. The lowest BCUT2D eigenvalue weighted by molar-refractivity contribution is 0.162. The Morgan fingerprint density at radius 1 is 1.33 bits per heavy atom. The van der Waals surface area contributed by atoms with E-state index in [1.807, 2.05) is 0 Å². The molecule has 1 atom stereocenters. The number of phenolic OH excluding ortho intramolecular Hbond substituents is 1. The molecule has 98 valence electrons. The minimum atomic E-state index is -0.701. The van der Waals surface area contributed by atoms with Crippen LogP contribution >= 0.6 is 0 Å². The van der Waals surface area contributed by atoms with E-state index in [4.69, 9.17) is 9.47 Å². The van der Waals surface area contributed by atoms with Crippen LogP contribution in [0.1, 0.15) is 24.3 Å². The van der Waals surface area contributed by atoms with Gasteiger partial charge in [0.1, 0.15) is 13.2 Å². The fourth-order valence-corrected chi connectivity index (χ4v) is 2.58. The summed E-state index contributed by atoms with van der Waals surface area (Å²) in [7, 11) is 0. The van der Waals surface area contributed by atoms with Gasteiger partial charge in [-0.05, 0) is 25.5 Å². The zero-order valence-corrected chi connectivity index (χ0v) is 10.0. The molecular weight excluding hydrogens is 237 g/mol. The molecule has 0 aromatic heterocycles. The molecule has 18 heavy (non-hydrogen) atoms. The fraction of sp³-hybridized carbons (Fsp3) is 0.538. The van der Waals surface area contributed by atoms with Gasteiger partial charge >= 0.3 is 0 Å². The summed E-state index contributed by atoms with van der Waals surface area (Å²) in [6, 6.07) is 1.71.